The minimum absolute atomic E-state index is 0.127. The van der Waals surface area contributed by atoms with Crippen molar-refractivity contribution in [3.8, 4) is 0 Å². The summed E-state index contributed by atoms with van der Waals surface area (Å²) in [5, 5.41) is 0.616. The summed E-state index contributed by atoms with van der Waals surface area (Å²) in [6.07, 6.45) is 6.73. The highest BCUT2D eigenvalue weighted by atomic mass is 32.2. The van der Waals surface area contributed by atoms with Gasteiger partial charge in [-0.05, 0) is 62.5 Å². The Morgan fingerprint density at radius 2 is 1.73 bits per heavy atom. The molecule has 0 amide bonds. The van der Waals surface area contributed by atoms with E-state index in [1.54, 1.807) is 0 Å². The average Bonchev–Trinajstić information content (AvgIpc) is 2.75. The van der Waals surface area contributed by atoms with Gasteiger partial charge in [0.25, 0.3) is 0 Å². The van der Waals surface area contributed by atoms with Crippen molar-refractivity contribution in [2.24, 2.45) is 11.3 Å². The Morgan fingerprint density at radius 1 is 1.09 bits per heavy atom. The number of hydrogen-bond acceptors (Lipinski definition) is 2. The second-order valence-electron chi connectivity index (χ2n) is 8.29. The summed E-state index contributed by atoms with van der Waals surface area (Å²) in [4.78, 5) is 1.39. The maximum absolute atomic E-state index is 6.51. The highest BCUT2D eigenvalue weighted by Crippen LogP contribution is 2.52. The Balaban J connectivity index is 1.71. The van der Waals surface area contributed by atoms with Gasteiger partial charge in [-0.2, -0.15) is 0 Å². The Morgan fingerprint density at radius 3 is 2.32 bits per heavy atom. The lowest BCUT2D eigenvalue weighted by Crippen LogP contribution is -2.43. The predicted molar refractivity (Wildman–Crippen MR) is 95.4 cm³/mol. The smallest absolute Gasteiger partial charge is 0.0808 e. The molecule has 122 valence electrons. The molecule has 1 saturated carbocycles. The van der Waals surface area contributed by atoms with Crippen LogP contribution in [-0.2, 0) is 4.74 Å². The lowest BCUT2D eigenvalue weighted by molar-refractivity contribution is -0.0715. The predicted octanol–water partition coefficient (Wildman–Crippen LogP) is 5.93. The molecule has 1 nitrogen and oxygen atoms in total. The fourth-order valence-electron chi connectivity index (χ4n) is 4.27. The molecular weight excluding hydrogens is 288 g/mol. The van der Waals surface area contributed by atoms with Gasteiger partial charge in [-0.15, -0.1) is 11.8 Å². The fraction of sp³-hybridized carbons (Fsp3) is 0.700. The van der Waals surface area contributed by atoms with Crippen LogP contribution in [0.25, 0.3) is 0 Å². The SMILES string of the molecule is C[C@@H]1C[C@H](Sc2ccccc2)C2(CCC(C(C)(C)C)CC2)O1. The summed E-state index contributed by atoms with van der Waals surface area (Å²) in [5.74, 6) is 0.847. The van der Waals surface area contributed by atoms with Crippen molar-refractivity contribution < 1.29 is 4.74 Å². The van der Waals surface area contributed by atoms with Gasteiger partial charge in [-0.25, -0.2) is 0 Å². The molecule has 0 unspecified atom stereocenters. The van der Waals surface area contributed by atoms with E-state index in [0.29, 0.717) is 16.8 Å². The molecule has 22 heavy (non-hydrogen) atoms. The summed E-state index contributed by atoms with van der Waals surface area (Å²) in [7, 11) is 0. The number of rotatable bonds is 2. The lowest BCUT2D eigenvalue weighted by atomic mass is 9.68. The van der Waals surface area contributed by atoms with Crippen LogP contribution in [0.15, 0.2) is 35.2 Å². The van der Waals surface area contributed by atoms with E-state index in [2.05, 4.69) is 58.0 Å². The number of thioether (sulfide) groups is 1. The second kappa shape index (κ2) is 6.20. The average molecular weight is 319 g/mol. The van der Waals surface area contributed by atoms with Gasteiger partial charge >= 0.3 is 0 Å². The molecule has 0 bridgehead atoms. The molecule has 3 rings (SSSR count). The Bertz CT molecular complexity index is 482. The van der Waals surface area contributed by atoms with Crippen molar-refractivity contribution in [2.75, 3.05) is 0 Å². The highest BCUT2D eigenvalue weighted by Gasteiger charge is 2.50. The quantitative estimate of drug-likeness (QED) is 0.668. The first kappa shape index (κ1) is 16.4. The van der Waals surface area contributed by atoms with E-state index in [4.69, 9.17) is 4.74 Å². The number of ether oxygens (including phenoxy) is 1. The van der Waals surface area contributed by atoms with Crippen LogP contribution < -0.4 is 0 Å². The Labute approximate surface area is 140 Å². The third kappa shape index (κ3) is 3.38. The number of benzene rings is 1. The van der Waals surface area contributed by atoms with Crippen molar-refractivity contribution in [2.45, 2.75) is 81.6 Å². The van der Waals surface area contributed by atoms with E-state index in [9.17, 15) is 0 Å². The van der Waals surface area contributed by atoms with E-state index in [-0.39, 0.29) is 5.60 Å². The van der Waals surface area contributed by atoms with E-state index in [1.165, 1.54) is 37.0 Å². The molecule has 1 aliphatic heterocycles. The van der Waals surface area contributed by atoms with Gasteiger partial charge in [0, 0.05) is 10.1 Å². The summed E-state index contributed by atoms with van der Waals surface area (Å²) in [5.41, 5.74) is 0.565. The van der Waals surface area contributed by atoms with Gasteiger partial charge in [0.05, 0.1) is 11.7 Å². The standard InChI is InChI=1S/C20H30OS/c1-15-14-18(22-17-8-6-5-7-9-17)20(21-15)12-10-16(11-13-20)19(2,3)4/h5-9,15-16,18H,10-14H2,1-4H3/t15-,16?,18+,20?/m1/s1. The third-order valence-corrected chi connectivity index (χ3v) is 7.10. The monoisotopic (exact) mass is 318 g/mol. The molecule has 2 aliphatic rings. The van der Waals surface area contributed by atoms with Gasteiger partial charge in [0.2, 0.25) is 0 Å². The third-order valence-electron chi connectivity index (χ3n) is 5.65. The maximum Gasteiger partial charge on any atom is 0.0808 e. The molecule has 1 aromatic carbocycles. The van der Waals surface area contributed by atoms with Crippen LogP contribution >= 0.6 is 11.8 Å². The van der Waals surface area contributed by atoms with Crippen LogP contribution in [0.5, 0.6) is 0 Å². The summed E-state index contributed by atoms with van der Waals surface area (Å²) in [6, 6.07) is 10.9. The Kier molecular flexibility index (Phi) is 4.62. The Hall–Kier alpha value is -0.470. The molecule has 1 aromatic rings. The van der Waals surface area contributed by atoms with Crippen LogP contribution in [-0.4, -0.2) is 17.0 Å². The van der Waals surface area contributed by atoms with Crippen molar-refractivity contribution >= 4 is 11.8 Å². The second-order valence-corrected chi connectivity index (χ2v) is 9.56. The molecule has 1 spiro atoms. The van der Waals surface area contributed by atoms with Crippen molar-refractivity contribution in [1.82, 2.24) is 0 Å². The summed E-state index contributed by atoms with van der Waals surface area (Å²) >= 11 is 2.04. The molecule has 2 heteroatoms. The molecular formula is C20H30OS. The van der Waals surface area contributed by atoms with Gasteiger partial charge in [0.1, 0.15) is 0 Å². The van der Waals surface area contributed by atoms with Crippen molar-refractivity contribution in [3.63, 3.8) is 0 Å². The van der Waals surface area contributed by atoms with Gasteiger partial charge < -0.3 is 4.74 Å². The zero-order chi connectivity index (χ0) is 15.8. The summed E-state index contributed by atoms with van der Waals surface area (Å²) < 4.78 is 6.51. The first-order valence-corrected chi connectivity index (χ1v) is 9.66. The summed E-state index contributed by atoms with van der Waals surface area (Å²) in [6.45, 7) is 9.43. The molecule has 0 radical (unpaired) electrons. The molecule has 1 aliphatic carbocycles. The van der Waals surface area contributed by atoms with Gasteiger partial charge in [-0.1, -0.05) is 39.0 Å². The first-order valence-electron chi connectivity index (χ1n) is 8.79. The van der Waals surface area contributed by atoms with Crippen LogP contribution in [0.1, 0.15) is 59.8 Å². The fourth-order valence-corrected chi connectivity index (χ4v) is 5.79. The number of hydrogen-bond donors (Lipinski definition) is 0. The van der Waals surface area contributed by atoms with Crippen LogP contribution in [0, 0.1) is 11.3 Å². The van der Waals surface area contributed by atoms with E-state index in [0.717, 1.165) is 5.92 Å². The van der Waals surface area contributed by atoms with Crippen LogP contribution in [0.2, 0.25) is 0 Å². The molecule has 2 fully saturated rings. The minimum atomic E-state index is 0.127. The molecule has 0 N–H and O–H groups in total. The molecule has 1 saturated heterocycles. The molecule has 1 heterocycles. The zero-order valence-corrected chi connectivity index (χ0v) is 15.3. The highest BCUT2D eigenvalue weighted by molar-refractivity contribution is 8.00. The van der Waals surface area contributed by atoms with Gasteiger partial charge in [-0.3, -0.25) is 0 Å². The maximum atomic E-state index is 6.51. The zero-order valence-electron chi connectivity index (χ0n) is 14.5. The van der Waals surface area contributed by atoms with Crippen molar-refractivity contribution in [3.05, 3.63) is 30.3 Å². The van der Waals surface area contributed by atoms with Crippen LogP contribution in [0.3, 0.4) is 0 Å². The van der Waals surface area contributed by atoms with E-state index >= 15 is 0 Å². The molecule has 0 aromatic heterocycles. The normalized spacial score (nSPS) is 35.9. The van der Waals surface area contributed by atoms with Crippen LogP contribution in [0.4, 0.5) is 0 Å². The molecule has 2 atom stereocenters. The minimum Gasteiger partial charge on any atom is -0.371 e. The lowest BCUT2D eigenvalue weighted by Gasteiger charge is -2.44. The largest absolute Gasteiger partial charge is 0.371 e. The first-order chi connectivity index (χ1) is 10.4. The topological polar surface area (TPSA) is 9.23 Å². The van der Waals surface area contributed by atoms with Crippen molar-refractivity contribution in [1.29, 1.82) is 0 Å². The van der Waals surface area contributed by atoms with E-state index in [1.807, 2.05) is 11.8 Å². The van der Waals surface area contributed by atoms with Gasteiger partial charge in [0.15, 0.2) is 0 Å². The van der Waals surface area contributed by atoms with E-state index < -0.39 is 0 Å².